The van der Waals surface area contributed by atoms with Gasteiger partial charge in [0.2, 0.25) is 0 Å². The van der Waals surface area contributed by atoms with E-state index in [1.165, 1.54) is 12.8 Å². The highest BCUT2D eigenvalue weighted by Gasteiger charge is 2.36. The van der Waals surface area contributed by atoms with Gasteiger partial charge in [-0.25, -0.2) is 0 Å². The van der Waals surface area contributed by atoms with Crippen molar-refractivity contribution >= 4 is 5.78 Å². The molecular weight excluding hydrogens is 128 g/mol. The van der Waals surface area contributed by atoms with Crippen LogP contribution >= 0.6 is 0 Å². The van der Waals surface area contributed by atoms with Gasteiger partial charge in [-0.05, 0) is 12.8 Å². The molecule has 0 amide bonds. The van der Waals surface area contributed by atoms with Gasteiger partial charge in [0, 0.05) is 5.92 Å². The fourth-order valence-electron chi connectivity index (χ4n) is 1.96. The standard InChI is InChI=1S/C8H12O2/c9-7-5-10-8-4-2-1-3-6(7)8/h6,8H,1-5H2/t6-,8-/m0/s1. The lowest BCUT2D eigenvalue weighted by molar-refractivity contribution is -0.120. The summed E-state index contributed by atoms with van der Waals surface area (Å²) in [7, 11) is 0. The number of fused-ring (bicyclic) bond motifs is 1. The smallest absolute Gasteiger partial charge is 0.164 e. The molecule has 1 aliphatic heterocycles. The van der Waals surface area contributed by atoms with Gasteiger partial charge in [0.05, 0.1) is 6.10 Å². The SMILES string of the molecule is O=C1CO[C@H]2CCCC[C@@H]12. The predicted molar refractivity (Wildman–Crippen MR) is 36.7 cm³/mol. The van der Waals surface area contributed by atoms with Crippen LogP contribution in [-0.2, 0) is 9.53 Å². The highest BCUT2D eigenvalue weighted by atomic mass is 16.5. The van der Waals surface area contributed by atoms with Crippen LogP contribution in [0.1, 0.15) is 25.7 Å². The van der Waals surface area contributed by atoms with Crippen LogP contribution in [0.4, 0.5) is 0 Å². The first-order valence-corrected chi connectivity index (χ1v) is 4.02. The molecule has 0 radical (unpaired) electrons. The summed E-state index contributed by atoms with van der Waals surface area (Å²) in [5, 5.41) is 0. The van der Waals surface area contributed by atoms with Gasteiger partial charge in [0.1, 0.15) is 6.61 Å². The molecule has 1 heterocycles. The van der Waals surface area contributed by atoms with E-state index in [1.807, 2.05) is 0 Å². The van der Waals surface area contributed by atoms with Gasteiger partial charge in [-0.2, -0.15) is 0 Å². The Bertz CT molecular complexity index is 153. The van der Waals surface area contributed by atoms with E-state index in [4.69, 9.17) is 4.74 Å². The molecule has 0 N–H and O–H groups in total. The van der Waals surface area contributed by atoms with Crippen molar-refractivity contribution < 1.29 is 9.53 Å². The molecule has 0 spiro atoms. The van der Waals surface area contributed by atoms with Gasteiger partial charge in [0.25, 0.3) is 0 Å². The van der Waals surface area contributed by atoms with Crippen molar-refractivity contribution in [1.29, 1.82) is 0 Å². The van der Waals surface area contributed by atoms with Crippen LogP contribution in [0.15, 0.2) is 0 Å². The molecule has 2 atom stereocenters. The first-order chi connectivity index (χ1) is 4.88. The summed E-state index contributed by atoms with van der Waals surface area (Å²) in [5.74, 6) is 0.610. The predicted octanol–water partition coefficient (Wildman–Crippen LogP) is 1.14. The summed E-state index contributed by atoms with van der Waals surface area (Å²) in [4.78, 5) is 11.1. The third-order valence-corrected chi connectivity index (χ3v) is 2.56. The third-order valence-electron chi connectivity index (χ3n) is 2.56. The lowest BCUT2D eigenvalue weighted by atomic mass is 9.86. The number of ether oxygens (including phenoxy) is 1. The van der Waals surface area contributed by atoms with E-state index in [0.29, 0.717) is 18.5 Å². The molecule has 0 bridgehead atoms. The number of Topliss-reactive ketones (excluding diaryl/α,β-unsaturated/α-hetero) is 1. The maximum Gasteiger partial charge on any atom is 0.164 e. The maximum atomic E-state index is 11.1. The first kappa shape index (κ1) is 6.35. The normalized spacial score (nSPS) is 39.8. The van der Waals surface area contributed by atoms with Crippen molar-refractivity contribution in [1.82, 2.24) is 0 Å². The number of hydrogen-bond acceptors (Lipinski definition) is 2. The molecule has 10 heavy (non-hydrogen) atoms. The molecule has 0 unspecified atom stereocenters. The molecular formula is C8H12O2. The van der Waals surface area contributed by atoms with E-state index in [1.54, 1.807) is 0 Å². The minimum absolute atomic E-state index is 0.272. The Hall–Kier alpha value is -0.370. The summed E-state index contributed by atoms with van der Waals surface area (Å²) in [6, 6.07) is 0. The first-order valence-electron chi connectivity index (χ1n) is 4.02. The minimum atomic E-state index is 0.272. The molecule has 1 aliphatic carbocycles. The highest BCUT2D eigenvalue weighted by Crippen LogP contribution is 2.31. The molecule has 2 fully saturated rings. The topological polar surface area (TPSA) is 26.3 Å². The maximum absolute atomic E-state index is 11.1. The Morgan fingerprint density at radius 1 is 1.30 bits per heavy atom. The Morgan fingerprint density at radius 2 is 2.10 bits per heavy atom. The lowest BCUT2D eigenvalue weighted by Gasteiger charge is -2.21. The molecule has 1 saturated carbocycles. The zero-order valence-electron chi connectivity index (χ0n) is 6.01. The van der Waals surface area contributed by atoms with Crippen molar-refractivity contribution in [3.63, 3.8) is 0 Å². The molecule has 0 aromatic heterocycles. The molecule has 2 aliphatic rings. The van der Waals surface area contributed by atoms with Gasteiger partial charge >= 0.3 is 0 Å². The van der Waals surface area contributed by atoms with Crippen LogP contribution in [0.5, 0.6) is 0 Å². The van der Waals surface area contributed by atoms with Gasteiger partial charge in [-0.15, -0.1) is 0 Å². The fourth-order valence-corrected chi connectivity index (χ4v) is 1.96. The average molecular weight is 140 g/mol. The Balaban J connectivity index is 2.08. The van der Waals surface area contributed by atoms with E-state index in [9.17, 15) is 4.79 Å². The van der Waals surface area contributed by atoms with Crippen LogP contribution in [0.2, 0.25) is 0 Å². The minimum Gasteiger partial charge on any atom is -0.370 e. The fraction of sp³-hybridized carbons (Fsp3) is 0.875. The van der Waals surface area contributed by atoms with Crippen LogP contribution in [0.3, 0.4) is 0 Å². The zero-order valence-corrected chi connectivity index (χ0v) is 6.01. The molecule has 0 aromatic rings. The number of rotatable bonds is 0. The molecule has 0 aromatic carbocycles. The Labute approximate surface area is 60.6 Å². The average Bonchev–Trinajstić information content (AvgIpc) is 2.34. The molecule has 2 rings (SSSR count). The van der Waals surface area contributed by atoms with Gasteiger partial charge in [0.15, 0.2) is 5.78 Å². The quantitative estimate of drug-likeness (QED) is 0.504. The van der Waals surface area contributed by atoms with Gasteiger partial charge in [-0.3, -0.25) is 4.79 Å². The number of carbonyl (C=O) groups excluding carboxylic acids is 1. The number of ketones is 1. The van der Waals surface area contributed by atoms with Crippen LogP contribution in [0, 0.1) is 5.92 Å². The Morgan fingerprint density at radius 3 is 2.90 bits per heavy atom. The summed E-state index contributed by atoms with van der Waals surface area (Å²) >= 11 is 0. The molecule has 1 saturated heterocycles. The van der Waals surface area contributed by atoms with E-state index in [2.05, 4.69) is 0 Å². The van der Waals surface area contributed by atoms with Crippen LogP contribution < -0.4 is 0 Å². The Kier molecular flexibility index (Phi) is 1.49. The lowest BCUT2D eigenvalue weighted by Crippen LogP contribution is -2.23. The van der Waals surface area contributed by atoms with E-state index in [-0.39, 0.29) is 5.92 Å². The molecule has 56 valence electrons. The molecule has 2 heteroatoms. The summed E-state index contributed by atoms with van der Waals surface area (Å²) < 4.78 is 5.32. The van der Waals surface area contributed by atoms with E-state index in [0.717, 1.165) is 12.8 Å². The van der Waals surface area contributed by atoms with Gasteiger partial charge in [-0.1, -0.05) is 12.8 Å². The highest BCUT2D eigenvalue weighted by molar-refractivity contribution is 5.84. The van der Waals surface area contributed by atoms with Crippen LogP contribution in [0.25, 0.3) is 0 Å². The monoisotopic (exact) mass is 140 g/mol. The number of carbonyl (C=O) groups is 1. The second-order valence-electron chi connectivity index (χ2n) is 3.21. The van der Waals surface area contributed by atoms with Crippen molar-refractivity contribution in [3.8, 4) is 0 Å². The van der Waals surface area contributed by atoms with Gasteiger partial charge < -0.3 is 4.74 Å². The largest absolute Gasteiger partial charge is 0.370 e. The van der Waals surface area contributed by atoms with Crippen molar-refractivity contribution in [2.45, 2.75) is 31.8 Å². The zero-order chi connectivity index (χ0) is 6.97. The summed E-state index contributed by atoms with van der Waals surface area (Å²) in [6.45, 7) is 0.384. The number of hydrogen-bond donors (Lipinski definition) is 0. The summed E-state index contributed by atoms with van der Waals surface area (Å²) in [5.41, 5.74) is 0. The van der Waals surface area contributed by atoms with E-state index >= 15 is 0 Å². The third kappa shape index (κ3) is 0.870. The van der Waals surface area contributed by atoms with Crippen LogP contribution in [-0.4, -0.2) is 18.5 Å². The molecule has 2 nitrogen and oxygen atoms in total. The van der Waals surface area contributed by atoms with Crippen molar-refractivity contribution in [3.05, 3.63) is 0 Å². The second kappa shape index (κ2) is 2.35. The second-order valence-corrected chi connectivity index (χ2v) is 3.21. The van der Waals surface area contributed by atoms with Crippen molar-refractivity contribution in [2.24, 2.45) is 5.92 Å². The van der Waals surface area contributed by atoms with E-state index < -0.39 is 0 Å². The summed E-state index contributed by atoms with van der Waals surface area (Å²) in [6.07, 6.45) is 4.94. The van der Waals surface area contributed by atoms with Crippen molar-refractivity contribution in [2.75, 3.05) is 6.61 Å².